The van der Waals surface area contributed by atoms with Gasteiger partial charge < -0.3 is 14.6 Å². The van der Waals surface area contributed by atoms with E-state index in [1.54, 1.807) is 20.3 Å². The molecule has 0 bridgehead atoms. The summed E-state index contributed by atoms with van der Waals surface area (Å²) in [5.74, 6) is -0.0378. The maximum atomic E-state index is 11.5. The van der Waals surface area contributed by atoms with Crippen molar-refractivity contribution < 1.29 is 19.4 Å². The van der Waals surface area contributed by atoms with Gasteiger partial charge in [0.2, 0.25) is 0 Å². The van der Waals surface area contributed by atoms with Gasteiger partial charge in [-0.3, -0.25) is 9.69 Å². The number of likely N-dealkylation sites (tertiary alicyclic amines) is 1. The average Bonchev–Trinajstić information content (AvgIpc) is 2.98. The number of ether oxygens (including phenoxy) is 2. The van der Waals surface area contributed by atoms with Crippen molar-refractivity contribution >= 4 is 22.8 Å². The fourth-order valence-corrected chi connectivity index (χ4v) is 3.71. The molecule has 0 unspecified atom stereocenters. The largest absolute Gasteiger partial charge is 0.496 e. The van der Waals surface area contributed by atoms with Gasteiger partial charge in [0.05, 0.1) is 7.11 Å². The Morgan fingerprint density at radius 2 is 2.08 bits per heavy atom. The molecule has 5 heteroatoms. The van der Waals surface area contributed by atoms with Gasteiger partial charge in [0.25, 0.3) is 0 Å². The molecule has 3 rings (SSSR count). The van der Waals surface area contributed by atoms with E-state index in [0.717, 1.165) is 27.6 Å². The van der Waals surface area contributed by atoms with E-state index in [-0.39, 0.29) is 0 Å². The van der Waals surface area contributed by atoms with Crippen LogP contribution >= 0.6 is 0 Å². The number of nitrogens with zero attached hydrogens (tertiary/aromatic N) is 1. The molecular formula is C20H23NO4. The summed E-state index contributed by atoms with van der Waals surface area (Å²) < 4.78 is 11.2. The highest BCUT2D eigenvalue weighted by Crippen LogP contribution is 2.40. The molecule has 5 nitrogen and oxygen atoms in total. The fourth-order valence-electron chi connectivity index (χ4n) is 3.71. The number of benzene rings is 2. The third-order valence-electron chi connectivity index (χ3n) is 5.17. The summed E-state index contributed by atoms with van der Waals surface area (Å²) in [6.45, 7) is 4.38. The Hall–Kier alpha value is -2.37. The number of fused-ring (bicyclic) bond motifs is 1. The van der Waals surface area contributed by atoms with Gasteiger partial charge in [-0.2, -0.15) is 0 Å². The number of likely N-dealkylation sites (N-methyl/N-ethyl adjacent to an activating group) is 1. The predicted octanol–water partition coefficient (Wildman–Crippen LogP) is 3.12. The van der Waals surface area contributed by atoms with Crippen LogP contribution in [0.25, 0.3) is 16.8 Å². The number of rotatable bonds is 5. The fraction of sp³-hybridized carbons (Fsp3) is 0.350. The van der Waals surface area contributed by atoms with Crippen LogP contribution in [0, 0.1) is 0 Å². The standard InChI is InChI=1S/C20H23NO4/c1-5-13-8-15-9-16(7-6-14(15)10-18(13)24-3)20(25-4)11-17(19(22)23)21(2)12-20/h5-10,17H,1,11-12H2,2-4H3,(H,22,23)/t17-,20-/m0/s1. The summed E-state index contributed by atoms with van der Waals surface area (Å²) >= 11 is 0. The highest BCUT2D eigenvalue weighted by atomic mass is 16.5. The molecule has 2 atom stereocenters. The third kappa shape index (κ3) is 2.90. The van der Waals surface area contributed by atoms with E-state index < -0.39 is 17.6 Å². The first kappa shape index (κ1) is 17.5. The summed E-state index contributed by atoms with van der Waals surface area (Å²) in [5.41, 5.74) is 1.28. The Bertz CT molecular complexity index is 832. The number of carboxylic acids is 1. The van der Waals surface area contributed by atoms with E-state index in [2.05, 4.69) is 12.6 Å². The Morgan fingerprint density at radius 3 is 2.64 bits per heavy atom. The zero-order valence-corrected chi connectivity index (χ0v) is 14.8. The maximum Gasteiger partial charge on any atom is 0.321 e. The zero-order chi connectivity index (χ0) is 18.2. The van der Waals surface area contributed by atoms with E-state index in [4.69, 9.17) is 9.47 Å². The van der Waals surface area contributed by atoms with Crippen molar-refractivity contribution in [1.82, 2.24) is 4.90 Å². The van der Waals surface area contributed by atoms with Crippen molar-refractivity contribution in [2.24, 2.45) is 0 Å². The van der Waals surface area contributed by atoms with Gasteiger partial charge in [-0.1, -0.05) is 24.8 Å². The van der Waals surface area contributed by atoms with Gasteiger partial charge in [0, 0.05) is 25.6 Å². The monoisotopic (exact) mass is 341 g/mol. The minimum atomic E-state index is -0.819. The van der Waals surface area contributed by atoms with Gasteiger partial charge in [-0.25, -0.2) is 0 Å². The quantitative estimate of drug-likeness (QED) is 0.905. The van der Waals surface area contributed by atoms with Crippen molar-refractivity contribution in [1.29, 1.82) is 0 Å². The lowest BCUT2D eigenvalue weighted by atomic mass is 9.89. The van der Waals surface area contributed by atoms with Crippen molar-refractivity contribution in [2.75, 3.05) is 27.8 Å². The van der Waals surface area contributed by atoms with Crippen LogP contribution in [0.4, 0.5) is 0 Å². The highest BCUT2D eigenvalue weighted by Gasteiger charge is 2.47. The van der Waals surface area contributed by atoms with Crippen LogP contribution in [-0.2, 0) is 15.1 Å². The molecule has 0 aromatic heterocycles. The average molecular weight is 341 g/mol. The van der Waals surface area contributed by atoms with Crippen LogP contribution in [-0.4, -0.2) is 49.8 Å². The van der Waals surface area contributed by atoms with Crippen LogP contribution < -0.4 is 4.74 Å². The van der Waals surface area contributed by atoms with E-state index in [9.17, 15) is 9.90 Å². The van der Waals surface area contributed by atoms with Gasteiger partial charge in [0.1, 0.15) is 17.4 Å². The van der Waals surface area contributed by atoms with Crippen LogP contribution in [0.3, 0.4) is 0 Å². The Morgan fingerprint density at radius 1 is 1.32 bits per heavy atom. The Balaban J connectivity index is 2.08. The maximum absolute atomic E-state index is 11.5. The van der Waals surface area contributed by atoms with Gasteiger partial charge in [0.15, 0.2) is 0 Å². The second-order valence-electron chi connectivity index (χ2n) is 6.53. The molecule has 1 fully saturated rings. The molecule has 0 saturated carbocycles. The van der Waals surface area contributed by atoms with Crippen molar-refractivity contribution in [3.8, 4) is 5.75 Å². The summed E-state index contributed by atoms with van der Waals surface area (Å²) in [6.07, 6.45) is 2.19. The first-order valence-corrected chi connectivity index (χ1v) is 8.17. The molecular weight excluding hydrogens is 318 g/mol. The number of hydrogen-bond acceptors (Lipinski definition) is 4. The van der Waals surface area contributed by atoms with E-state index >= 15 is 0 Å². The predicted molar refractivity (Wildman–Crippen MR) is 97.9 cm³/mol. The lowest BCUT2D eigenvalue weighted by Gasteiger charge is -2.28. The molecule has 0 aliphatic carbocycles. The van der Waals surface area contributed by atoms with Crippen LogP contribution in [0.1, 0.15) is 17.5 Å². The molecule has 132 valence electrons. The molecule has 2 aromatic carbocycles. The van der Waals surface area contributed by atoms with Crippen LogP contribution in [0.15, 0.2) is 36.9 Å². The minimum Gasteiger partial charge on any atom is -0.496 e. The SMILES string of the molecule is C=Cc1cc2cc([C@]3(OC)C[C@@H](C(=O)O)N(C)C3)ccc2cc1OC. The Kier molecular flexibility index (Phi) is 4.54. The van der Waals surface area contributed by atoms with E-state index in [0.29, 0.717) is 13.0 Å². The van der Waals surface area contributed by atoms with Crippen molar-refractivity contribution in [3.63, 3.8) is 0 Å². The Labute approximate surface area is 147 Å². The molecule has 1 saturated heterocycles. The molecule has 25 heavy (non-hydrogen) atoms. The van der Waals surface area contributed by atoms with E-state index in [1.807, 2.05) is 36.2 Å². The molecule has 1 aliphatic rings. The topological polar surface area (TPSA) is 59.0 Å². The lowest BCUT2D eigenvalue weighted by Crippen LogP contribution is -2.33. The molecule has 1 heterocycles. The summed E-state index contributed by atoms with van der Waals surface area (Å²) in [5, 5.41) is 11.5. The van der Waals surface area contributed by atoms with Gasteiger partial charge in [-0.05, 0) is 41.6 Å². The number of aliphatic carboxylic acids is 1. The van der Waals surface area contributed by atoms with Crippen molar-refractivity contribution in [3.05, 3.63) is 48.0 Å². The third-order valence-corrected chi connectivity index (χ3v) is 5.17. The zero-order valence-electron chi connectivity index (χ0n) is 14.8. The molecule has 1 aliphatic heterocycles. The van der Waals surface area contributed by atoms with Gasteiger partial charge >= 0.3 is 5.97 Å². The number of carbonyl (C=O) groups is 1. The first-order chi connectivity index (χ1) is 11.9. The molecule has 0 spiro atoms. The first-order valence-electron chi connectivity index (χ1n) is 8.17. The molecule has 2 aromatic rings. The number of methoxy groups -OCH3 is 2. The van der Waals surface area contributed by atoms with E-state index in [1.165, 1.54) is 0 Å². The normalized spacial score (nSPS) is 23.7. The molecule has 1 N–H and O–H groups in total. The minimum absolute atomic E-state index is 0.422. The second kappa shape index (κ2) is 6.50. The van der Waals surface area contributed by atoms with Crippen LogP contribution in [0.5, 0.6) is 5.75 Å². The highest BCUT2D eigenvalue weighted by molar-refractivity contribution is 5.88. The second-order valence-corrected chi connectivity index (χ2v) is 6.53. The van der Waals surface area contributed by atoms with Gasteiger partial charge in [-0.15, -0.1) is 0 Å². The smallest absolute Gasteiger partial charge is 0.321 e. The van der Waals surface area contributed by atoms with Crippen LogP contribution in [0.2, 0.25) is 0 Å². The van der Waals surface area contributed by atoms with Crippen molar-refractivity contribution in [2.45, 2.75) is 18.1 Å². The lowest BCUT2D eigenvalue weighted by molar-refractivity contribution is -0.141. The summed E-state index contributed by atoms with van der Waals surface area (Å²) in [4.78, 5) is 13.3. The molecule has 0 amide bonds. The molecule has 0 radical (unpaired) electrons. The summed E-state index contributed by atoms with van der Waals surface area (Å²) in [7, 11) is 5.11. The number of carboxylic acid groups (broad SMARTS) is 1. The number of hydrogen-bond donors (Lipinski definition) is 1. The summed E-state index contributed by atoms with van der Waals surface area (Å²) in [6, 6.07) is 9.57.